The van der Waals surface area contributed by atoms with Crippen LogP contribution in [0.1, 0.15) is 11.7 Å². The first-order chi connectivity index (χ1) is 4.84. The van der Waals surface area contributed by atoms with E-state index < -0.39 is 6.10 Å². The van der Waals surface area contributed by atoms with Crippen LogP contribution in [-0.2, 0) is 0 Å². The van der Waals surface area contributed by atoms with Crippen LogP contribution in [-0.4, -0.2) is 21.0 Å². The Labute approximate surface area is 63.7 Å². The van der Waals surface area contributed by atoms with Gasteiger partial charge in [-0.15, -0.1) is 11.6 Å². The standard InChI is InChI=1S/C6H7ClN2O/c7-1-6(10)5-2-8-4-9-3-5/h2-4,6,10H,1H2. The normalized spacial score (nSPS) is 13.0. The highest BCUT2D eigenvalue weighted by Crippen LogP contribution is 2.09. The molecule has 0 radical (unpaired) electrons. The van der Waals surface area contributed by atoms with Crippen LogP contribution in [0.3, 0.4) is 0 Å². The van der Waals surface area contributed by atoms with E-state index in [0.29, 0.717) is 5.56 Å². The van der Waals surface area contributed by atoms with Gasteiger partial charge >= 0.3 is 0 Å². The molecule has 0 fully saturated rings. The first kappa shape index (κ1) is 7.44. The minimum atomic E-state index is -0.650. The van der Waals surface area contributed by atoms with Crippen LogP contribution in [0.4, 0.5) is 0 Å². The molecule has 0 aliphatic carbocycles. The zero-order valence-electron chi connectivity index (χ0n) is 5.24. The van der Waals surface area contributed by atoms with Crippen LogP contribution in [0.25, 0.3) is 0 Å². The zero-order valence-corrected chi connectivity index (χ0v) is 5.99. The van der Waals surface area contributed by atoms with Crippen LogP contribution in [0.15, 0.2) is 18.7 Å². The van der Waals surface area contributed by atoms with Crippen molar-refractivity contribution in [3.63, 3.8) is 0 Å². The number of nitrogens with zero attached hydrogens (tertiary/aromatic N) is 2. The molecular weight excluding hydrogens is 152 g/mol. The fourth-order valence-corrected chi connectivity index (χ4v) is 0.750. The fourth-order valence-electron chi connectivity index (χ4n) is 0.572. The van der Waals surface area contributed by atoms with E-state index in [-0.39, 0.29) is 5.88 Å². The molecule has 0 saturated heterocycles. The molecule has 1 heterocycles. The van der Waals surface area contributed by atoms with Gasteiger partial charge in [-0.25, -0.2) is 9.97 Å². The van der Waals surface area contributed by atoms with Gasteiger partial charge in [0, 0.05) is 18.0 Å². The van der Waals surface area contributed by atoms with Crippen LogP contribution >= 0.6 is 11.6 Å². The van der Waals surface area contributed by atoms with Gasteiger partial charge in [-0.1, -0.05) is 0 Å². The minimum absolute atomic E-state index is 0.174. The van der Waals surface area contributed by atoms with Gasteiger partial charge in [-0.05, 0) is 0 Å². The number of halogens is 1. The average molecular weight is 159 g/mol. The van der Waals surface area contributed by atoms with Gasteiger partial charge in [0.05, 0.1) is 12.0 Å². The maximum absolute atomic E-state index is 9.12. The summed E-state index contributed by atoms with van der Waals surface area (Å²) in [6.07, 6.45) is 3.84. The smallest absolute Gasteiger partial charge is 0.115 e. The lowest BCUT2D eigenvalue weighted by molar-refractivity contribution is 0.202. The van der Waals surface area contributed by atoms with E-state index in [0.717, 1.165) is 0 Å². The van der Waals surface area contributed by atoms with E-state index in [9.17, 15) is 0 Å². The Bertz CT molecular complexity index is 192. The molecule has 0 aliphatic heterocycles. The summed E-state index contributed by atoms with van der Waals surface area (Å²) >= 11 is 5.38. The van der Waals surface area contributed by atoms with Crippen molar-refractivity contribution in [2.75, 3.05) is 5.88 Å². The summed E-state index contributed by atoms with van der Waals surface area (Å²) in [6.45, 7) is 0. The van der Waals surface area contributed by atoms with Crippen LogP contribution in [0, 0.1) is 0 Å². The Balaban J connectivity index is 2.75. The Morgan fingerprint density at radius 2 is 2.10 bits per heavy atom. The second-order valence-corrected chi connectivity index (χ2v) is 2.15. The van der Waals surface area contributed by atoms with E-state index in [1.54, 1.807) is 12.4 Å². The first-order valence-corrected chi connectivity index (χ1v) is 3.37. The molecule has 0 saturated carbocycles. The van der Waals surface area contributed by atoms with E-state index in [1.165, 1.54) is 6.33 Å². The molecule has 1 aromatic heterocycles. The van der Waals surface area contributed by atoms with Crippen LogP contribution in [0.2, 0.25) is 0 Å². The second-order valence-electron chi connectivity index (χ2n) is 1.84. The van der Waals surface area contributed by atoms with Gasteiger partial charge < -0.3 is 5.11 Å². The van der Waals surface area contributed by atoms with Gasteiger partial charge in [-0.2, -0.15) is 0 Å². The molecule has 1 rings (SSSR count). The number of hydrogen-bond donors (Lipinski definition) is 1. The van der Waals surface area contributed by atoms with Crippen molar-refractivity contribution in [1.29, 1.82) is 0 Å². The van der Waals surface area contributed by atoms with E-state index in [4.69, 9.17) is 16.7 Å². The van der Waals surface area contributed by atoms with Crippen molar-refractivity contribution >= 4 is 11.6 Å². The summed E-state index contributed by atoms with van der Waals surface area (Å²) in [7, 11) is 0. The maximum Gasteiger partial charge on any atom is 0.115 e. The Morgan fingerprint density at radius 3 is 2.60 bits per heavy atom. The van der Waals surface area contributed by atoms with Crippen molar-refractivity contribution in [1.82, 2.24) is 9.97 Å². The summed E-state index contributed by atoms with van der Waals surface area (Å²) in [6, 6.07) is 0. The molecule has 1 aromatic rings. The highest BCUT2D eigenvalue weighted by molar-refractivity contribution is 6.18. The lowest BCUT2D eigenvalue weighted by atomic mass is 10.2. The van der Waals surface area contributed by atoms with Gasteiger partial charge in [-0.3, -0.25) is 0 Å². The molecule has 1 N–H and O–H groups in total. The van der Waals surface area contributed by atoms with Gasteiger partial charge in [0.15, 0.2) is 0 Å². The molecule has 0 amide bonds. The SMILES string of the molecule is OC(CCl)c1cncnc1. The minimum Gasteiger partial charge on any atom is -0.387 e. The number of hydrogen-bond acceptors (Lipinski definition) is 3. The number of alkyl halides is 1. The highest BCUT2D eigenvalue weighted by atomic mass is 35.5. The molecule has 0 aromatic carbocycles. The predicted molar refractivity (Wildman–Crippen MR) is 37.7 cm³/mol. The van der Waals surface area contributed by atoms with Gasteiger partial charge in [0.1, 0.15) is 6.33 Å². The lowest BCUT2D eigenvalue weighted by Crippen LogP contribution is -1.99. The first-order valence-electron chi connectivity index (χ1n) is 2.83. The van der Waals surface area contributed by atoms with E-state index in [1.807, 2.05) is 0 Å². The number of aliphatic hydroxyl groups is 1. The molecule has 0 bridgehead atoms. The third-order valence-electron chi connectivity index (χ3n) is 1.11. The molecule has 54 valence electrons. The van der Waals surface area contributed by atoms with Gasteiger partial charge in [0.25, 0.3) is 0 Å². The average Bonchev–Trinajstić information content (AvgIpc) is 2.05. The topological polar surface area (TPSA) is 46.0 Å². The van der Waals surface area contributed by atoms with Crippen LogP contribution < -0.4 is 0 Å². The third-order valence-corrected chi connectivity index (χ3v) is 1.40. The monoisotopic (exact) mass is 158 g/mol. The maximum atomic E-state index is 9.12. The molecular formula is C6H7ClN2O. The number of rotatable bonds is 2. The quantitative estimate of drug-likeness (QED) is 0.646. The fraction of sp³-hybridized carbons (Fsp3) is 0.333. The Hall–Kier alpha value is -0.670. The van der Waals surface area contributed by atoms with Crippen molar-refractivity contribution in [2.24, 2.45) is 0 Å². The number of aromatic nitrogens is 2. The van der Waals surface area contributed by atoms with Crippen LogP contribution in [0.5, 0.6) is 0 Å². The highest BCUT2D eigenvalue weighted by Gasteiger charge is 2.03. The summed E-state index contributed by atoms with van der Waals surface area (Å²) < 4.78 is 0. The van der Waals surface area contributed by atoms with Gasteiger partial charge in [0.2, 0.25) is 0 Å². The van der Waals surface area contributed by atoms with Crippen molar-refractivity contribution in [3.8, 4) is 0 Å². The summed E-state index contributed by atoms with van der Waals surface area (Å²) in [5, 5.41) is 9.12. The summed E-state index contributed by atoms with van der Waals surface area (Å²) in [5.74, 6) is 0.174. The molecule has 4 heteroatoms. The van der Waals surface area contributed by atoms with Crippen molar-refractivity contribution in [2.45, 2.75) is 6.10 Å². The van der Waals surface area contributed by atoms with Crippen molar-refractivity contribution in [3.05, 3.63) is 24.3 Å². The Kier molecular flexibility index (Phi) is 2.59. The summed E-state index contributed by atoms with van der Waals surface area (Å²) in [4.78, 5) is 7.45. The third kappa shape index (κ3) is 1.65. The zero-order chi connectivity index (χ0) is 7.40. The lowest BCUT2D eigenvalue weighted by Gasteiger charge is -2.03. The summed E-state index contributed by atoms with van der Waals surface area (Å²) in [5.41, 5.74) is 0.650. The van der Waals surface area contributed by atoms with E-state index in [2.05, 4.69) is 9.97 Å². The second kappa shape index (κ2) is 3.49. The molecule has 10 heavy (non-hydrogen) atoms. The van der Waals surface area contributed by atoms with E-state index >= 15 is 0 Å². The predicted octanol–water partition coefficient (Wildman–Crippen LogP) is 0.749. The Morgan fingerprint density at radius 1 is 1.50 bits per heavy atom. The molecule has 1 unspecified atom stereocenters. The van der Waals surface area contributed by atoms with Crippen molar-refractivity contribution < 1.29 is 5.11 Å². The molecule has 3 nitrogen and oxygen atoms in total. The molecule has 0 aliphatic rings. The molecule has 0 spiro atoms. The largest absolute Gasteiger partial charge is 0.387 e. The molecule has 1 atom stereocenters. The number of aliphatic hydroxyl groups excluding tert-OH is 1.